The third-order valence-electron chi connectivity index (χ3n) is 1.75. The van der Waals surface area contributed by atoms with E-state index in [4.69, 9.17) is 0 Å². The van der Waals surface area contributed by atoms with Crippen LogP contribution in [0.3, 0.4) is 0 Å². The van der Waals surface area contributed by atoms with E-state index in [0.29, 0.717) is 3.57 Å². The summed E-state index contributed by atoms with van der Waals surface area (Å²) in [5.41, 5.74) is 0.904. The van der Waals surface area contributed by atoms with Crippen LogP contribution in [0.4, 0.5) is 18.9 Å². The molecule has 7 heteroatoms. The Bertz CT molecular complexity index is 433. The molecule has 0 fully saturated rings. The number of aryl methyl sites for hydroxylation is 1. The Hall–Kier alpha value is -0.310. The highest BCUT2D eigenvalue weighted by molar-refractivity contribution is 14.1. The molecule has 0 aromatic heterocycles. The van der Waals surface area contributed by atoms with Crippen molar-refractivity contribution in [2.45, 2.75) is 13.1 Å². The van der Waals surface area contributed by atoms with E-state index < -0.39 is 12.1 Å². The summed E-state index contributed by atoms with van der Waals surface area (Å²) in [5, 5.41) is 1.83. The summed E-state index contributed by atoms with van der Waals surface area (Å²) < 4.78 is 37.4. The minimum absolute atomic E-state index is 0.156. The molecule has 0 unspecified atom stereocenters. The van der Waals surface area contributed by atoms with Crippen LogP contribution in [0.25, 0.3) is 0 Å². The number of amides is 1. The van der Waals surface area contributed by atoms with Gasteiger partial charge < -0.3 is 5.32 Å². The standard InChI is InChI=1S/C9H6BrF3INO/c1-4-2-7(6(14)3-5(4)10)15-8(16)9(11,12)13/h2-3H,1H3,(H,15,16). The third kappa shape index (κ3) is 3.34. The van der Waals surface area contributed by atoms with Gasteiger partial charge in [-0.15, -0.1) is 0 Å². The van der Waals surface area contributed by atoms with E-state index in [2.05, 4.69) is 15.9 Å². The molecule has 0 saturated heterocycles. The van der Waals surface area contributed by atoms with Crippen molar-refractivity contribution in [2.75, 3.05) is 5.32 Å². The number of alkyl halides is 3. The lowest BCUT2D eigenvalue weighted by Gasteiger charge is -2.11. The van der Waals surface area contributed by atoms with Gasteiger partial charge in [0, 0.05) is 8.04 Å². The highest BCUT2D eigenvalue weighted by Crippen LogP contribution is 2.27. The monoisotopic (exact) mass is 407 g/mol. The van der Waals surface area contributed by atoms with Crippen LogP contribution in [0.15, 0.2) is 16.6 Å². The molecule has 88 valence electrons. The van der Waals surface area contributed by atoms with Crippen LogP contribution in [0, 0.1) is 10.5 Å². The van der Waals surface area contributed by atoms with Gasteiger partial charge in [0.25, 0.3) is 0 Å². The predicted octanol–water partition coefficient (Wildman–Crippen LogP) is 3.86. The summed E-state index contributed by atoms with van der Waals surface area (Å²) in [6.07, 6.45) is -4.87. The van der Waals surface area contributed by atoms with Gasteiger partial charge in [-0.05, 0) is 47.2 Å². The summed E-state index contributed by atoms with van der Waals surface area (Å²) in [6.45, 7) is 1.73. The topological polar surface area (TPSA) is 29.1 Å². The van der Waals surface area contributed by atoms with Gasteiger partial charge in [0.2, 0.25) is 0 Å². The molecule has 1 amide bonds. The first-order valence-corrected chi connectivity index (χ1v) is 5.93. The fourth-order valence-corrected chi connectivity index (χ4v) is 2.32. The lowest BCUT2D eigenvalue weighted by Crippen LogP contribution is -2.30. The second-order valence-corrected chi connectivity index (χ2v) is 5.05. The van der Waals surface area contributed by atoms with Crippen molar-refractivity contribution >= 4 is 50.1 Å². The minimum atomic E-state index is -4.87. The summed E-state index contributed by atoms with van der Waals surface area (Å²) >= 11 is 5.10. The molecule has 1 aromatic carbocycles. The number of anilines is 1. The second-order valence-electron chi connectivity index (χ2n) is 3.03. The zero-order valence-corrected chi connectivity index (χ0v) is 11.7. The number of rotatable bonds is 1. The highest BCUT2D eigenvalue weighted by Gasteiger charge is 2.38. The molecule has 1 aromatic rings. The molecule has 0 aliphatic carbocycles. The Morgan fingerprint density at radius 3 is 2.50 bits per heavy atom. The van der Waals surface area contributed by atoms with Gasteiger partial charge in [-0.3, -0.25) is 4.79 Å². The first-order valence-electron chi connectivity index (χ1n) is 4.05. The van der Waals surface area contributed by atoms with Crippen LogP contribution in [-0.4, -0.2) is 12.1 Å². The van der Waals surface area contributed by atoms with Crippen molar-refractivity contribution in [1.29, 1.82) is 0 Å². The van der Waals surface area contributed by atoms with Crippen LogP contribution in [-0.2, 0) is 4.79 Å². The lowest BCUT2D eigenvalue weighted by molar-refractivity contribution is -0.167. The first kappa shape index (κ1) is 13.8. The van der Waals surface area contributed by atoms with Crippen LogP contribution >= 0.6 is 38.5 Å². The second kappa shape index (κ2) is 4.91. The number of halogens is 5. The maximum Gasteiger partial charge on any atom is 0.471 e. The molecular weight excluding hydrogens is 402 g/mol. The average molecular weight is 408 g/mol. The van der Waals surface area contributed by atoms with E-state index in [1.165, 1.54) is 6.07 Å². The summed E-state index contributed by atoms with van der Waals surface area (Å²) in [5.74, 6) is -1.97. The zero-order valence-electron chi connectivity index (χ0n) is 7.95. The van der Waals surface area contributed by atoms with E-state index in [1.807, 2.05) is 27.9 Å². The van der Waals surface area contributed by atoms with Crippen molar-refractivity contribution in [3.8, 4) is 0 Å². The van der Waals surface area contributed by atoms with Gasteiger partial charge in [0.15, 0.2) is 0 Å². The van der Waals surface area contributed by atoms with Gasteiger partial charge in [0.05, 0.1) is 5.69 Å². The van der Waals surface area contributed by atoms with Crippen molar-refractivity contribution in [1.82, 2.24) is 0 Å². The fraction of sp³-hybridized carbons (Fsp3) is 0.222. The summed E-state index contributed by atoms with van der Waals surface area (Å²) in [7, 11) is 0. The molecule has 0 bridgehead atoms. The Morgan fingerprint density at radius 2 is 2.00 bits per heavy atom. The third-order valence-corrected chi connectivity index (χ3v) is 3.50. The van der Waals surface area contributed by atoms with Gasteiger partial charge in [-0.1, -0.05) is 15.9 Å². The maximum atomic E-state index is 12.0. The SMILES string of the molecule is Cc1cc(NC(=O)C(F)(F)F)c(I)cc1Br. The Kier molecular flexibility index (Phi) is 4.22. The highest BCUT2D eigenvalue weighted by atomic mass is 127. The van der Waals surface area contributed by atoms with Crippen molar-refractivity contribution < 1.29 is 18.0 Å². The van der Waals surface area contributed by atoms with Crippen LogP contribution in [0.1, 0.15) is 5.56 Å². The normalized spacial score (nSPS) is 11.4. The number of hydrogen-bond acceptors (Lipinski definition) is 1. The fourth-order valence-electron chi connectivity index (χ4n) is 0.946. The Balaban J connectivity index is 2.99. The smallest absolute Gasteiger partial charge is 0.317 e. The van der Waals surface area contributed by atoms with E-state index >= 15 is 0 Å². The quantitative estimate of drug-likeness (QED) is 0.703. The molecule has 1 rings (SSSR count). The zero-order chi connectivity index (χ0) is 12.5. The van der Waals surface area contributed by atoms with Crippen molar-refractivity contribution in [3.05, 3.63) is 25.7 Å². The number of hydrogen-bond donors (Lipinski definition) is 1. The predicted molar refractivity (Wildman–Crippen MR) is 66.3 cm³/mol. The molecule has 0 saturated carbocycles. The summed E-state index contributed by atoms with van der Waals surface area (Å²) in [6, 6.07) is 3.12. The molecule has 0 aliphatic rings. The minimum Gasteiger partial charge on any atom is -0.317 e. The van der Waals surface area contributed by atoms with Crippen LogP contribution in [0.5, 0.6) is 0 Å². The van der Waals surface area contributed by atoms with Gasteiger partial charge in [-0.2, -0.15) is 13.2 Å². The largest absolute Gasteiger partial charge is 0.471 e. The molecule has 0 aliphatic heterocycles. The molecule has 1 N–H and O–H groups in total. The van der Waals surface area contributed by atoms with E-state index in [0.717, 1.165) is 10.0 Å². The van der Waals surface area contributed by atoms with Crippen LogP contribution in [0.2, 0.25) is 0 Å². The summed E-state index contributed by atoms with van der Waals surface area (Å²) in [4.78, 5) is 10.7. The van der Waals surface area contributed by atoms with Gasteiger partial charge in [-0.25, -0.2) is 0 Å². The van der Waals surface area contributed by atoms with Gasteiger partial charge in [0.1, 0.15) is 0 Å². The Labute approximate surface area is 112 Å². The Morgan fingerprint density at radius 1 is 1.44 bits per heavy atom. The molecule has 0 spiro atoms. The number of carbonyl (C=O) groups is 1. The van der Waals surface area contributed by atoms with Crippen molar-refractivity contribution in [2.24, 2.45) is 0 Å². The molecule has 16 heavy (non-hydrogen) atoms. The molecular formula is C9H6BrF3INO. The molecule has 0 atom stereocenters. The average Bonchev–Trinajstić information content (AvgIpc) is 2.12. The molecule has 0 heterocycles. The van der Waals surface area contributed by atoms with E-state index in [1.54, 1.807) is 13.0 Å². The van der Waals surface area contributed by atoms with Crippen molar-refractivity contribution in [3.63, 3.8) is 0 Å². The van der Waals surface area contributed by atoms with Crippen LogP contribution < -0.4 is 5.32 Å². The molecule has 2 nitrogen and oxygen atoms in total. The number of carbonyl (C=O) groups excluding carboxylic acids is 1. The van der Waals surface area contributed by atoms with Gasteiger partial charge >= 0.3 is 12.1 Å². The maximum absolute atomic E-state index is 12.0. The lowest BCUT2D eigenvalue weighted by atomic mass is 10.2. The molecule has 0 radical (unpaired) electrons. The first-order chi connectivity index (χ1) is 7.21. The van der Waals surface area contributed by atoms with E-state index in [9.17, 15) is 18.0 Å². The van der Waals surface area contributed by atoms with E-state index in [-0.39, 0.29) is 5.69 Å². The number of nitrogens with one attached hydrogen (secondary N) is 1. The number of benzene rings is 1.